The smallest absolute Gasteiger partial charge is 0.000729 e. The van der Waals surface area contributed by atoms with Crippen LogP contribution in [0, 0.1) is 0 Å². The fraction of sp³-hybridized carbons (Fsp3) is 0.227. The van der Waals surface area contributed by atoms with Gasteiger partial charge in [-0.05, 0) is 135 Å². The average Bonchev–Trinajstić information content (AvgIpc) is 4.23. The van der Waals surface area contributed by atoms with Crippen molar-refractivity contribution < 1.29 is 0 Å². The SMILES string of the molecule is CC.CC.CC.CC.CC.CC.CC.c1ccc2c(c1)Cc1c-2ccc2ccccc12.c1ccc2c(c1)Cc1cc3ccccc3cc1-2.c1ccc2c(c1)Cc1ccc3ccccc3c1-2.c1ccc2ccccc2c1. The van der Waals surface area contributed by atoms with Crippen LogP contribution in [0.5, 0.6) is 0 Å². The molecule has 0 N–H and O–H groups in total. The summed E-state index contributed by atoms with van der Waals surface area (Å²) in [5, 5.41) is 10.8. The maximum atomic E-state index is 2.34. The molecule has 0 aliphatic heterocycles. The van der Waals surface area contributed by atoms with Gasteiger partial charge in [-0.25, -0.2) is 0 Å². The van der Waals surface area contributed by atoms with Crippen LogP contribution >= 0.6 is 0 Å². The Bertz CT molecular complexity index is 3320. The lowest BCUT2D eigenvalue weighted by Crippen LogP contribution is -1.83. The molecule has 0 atom stereocenters. The molecule has 0 saturated carbocycles. The van der Waals surface area contributed by atoms with E-state index in [0.717, 1.165) is 19.3 Å². The van der Waals surface area contributed by atoms with E-state index in [1.165, 1.54) is 110 Å². The molecule has 0 heteroatoms. The van der Waals surface area contributed by atoms with Crippen LogP contribution in [-0.2, 0) is 19.3 Å². The highest BCUT2D eigenvalue weighted by Crippen LogP contribution is 2.42. The summed E-state index contributed by atoms with van der Waals surface area (Å²) in [5.41, 5.74) is 17.3. The van der Waals surface area contributed by atoms with Gasteiger partial charge in [0.2, 0.25) is 0 Å². The van der Waals surface area contributed by atoms with Crippen molar-refractivity contribution in [2.24, 2.45) is 0 Å². The molecule has 0 amide bonds. The van der Waals surface area contributed by atoms with Crippen LogP contribution in [0.2, 0.25) is 0 Å². The minimum Gasteiger partial charge on any atom is -0.0683 e. The maximum absolute atomic E-state index is 2.34. The lowest BCUT2D eigenvalue weighted by atomic mass is 9.98. The largest absolute Gasteiger partial charge is 0.0683 e. The van der Waals surface area contributed by atoms with E-state index < -0.39 is 0 Å². The summed E-state index contributed by atoms with van der Waals surface area (Å²) in [4.78, 5) is 0. The van der Waals surface area contributed by atoms with Crippen LogP contribution in [0.3, 0.4) is 0 Å². The van der Waals surface area contributed by atoms with Crippen molar-refractivity contribution in [2.45, 2.75) is 116 Å². The fourth-order valence-electron chi connectivity index (χ4n) is 9.77. The monoisotopic (exact) mass is 987 g/mol. The number of benzene rings is 11. The van der Waals surface area contributed by atoms with Gasteiger partial charge in [-0.15, -0.1) is 0 Å². The Balaban J connectivity index is 0.000000203. The third-order valence-electron chi connectivity index (χ3n) is 12.7. The Kier molecular flexibility index (Phi) is 26.1. The summed E-state index contributed by atoms with van der Waals surface area (Å²) in [6.07, 6.45) is 3.24. The Hall–Kier alpha value is -7.54. The molecule has 0 heterocycles. The standard InChI is InChI=1S/3C17H12.C10H8.7C2H6/c1-3-7-15-12(5-1)9-10-14-11-13-6-2-4-8-16(13)17(14)15;1-3-7-14-12(5-1)9-10-16-15-8-4-2-6-13(15)11-17(14)16;1-2-6-13-11-17-15(9-12(13)5-1)10-14-7-3-4-8-16(14)17;1-2-6-10-8-4-3-7-9(10)5-1;7*1-2/h2*1-10H,11H2;1-9,11H,10H2;1-8H;7*1-2H3. The molecule has 0 saturated heterocycles. The van der Waals surface area contributed by atoms with Gasteiger partial charge in [-0.3, -0.25) is 0 Å². The predicted molar refractivity (Wildman–Crippen MR) is 340 cm³/mol. The van der Waals surface area contributed by atoms with Gasteiger partial charge in [-0.2, -0.15) is 0 Å². The number of rotatable bonds is 0. The summed E-state index contributed by atoms with van der Waals surface area (Å²) in [7, 11) is 0. The molecule has 0 radical (unpaired) electrons. The second kappa shape index (κ2) is 32.6. The molecule has 386 valence electrons. The van der Waals surface area contributed by atoms with E-state index in [1.807, 2.05) is 96.9 Å². The molecular formula is C75H86. The van der Waals surface area contributed by atoms with Gasteiger partial charge in [0.05, 0.1) is 0 Å². The highest BCUT2D eigenvalue weighted by atomic mass is 14.2. The molecule has 11 aromatic carbocycles. The van der Waals surface area contributed by atoms with Crippen LogP contribution in [-0.4, -0.2) is 0 Å². The van der Waals surface area contributed by atoms with Crippen LogP contribution < -0.4 is 0 Å². The fourth-order valence-corrected chi connectivity index (χ4v) is 9.77. The van der Waals surface area contributed by atoms with Crippen LogP contribution in [0.4, 0.5) is 0 Å². The normalized spacial score (nSPS) is 10.4. The molecule has 0 unspecified atom stereocenters. The summed E-state index contributed by atoms with van der Waals surface area (Å²) in [6, 6.07) is 82.5. The Morgan fingerprint density at radius 1 is 0.200 bits per heavy atom. The van der Waals surface area contributed by atoms with Gasteiger partial charge in [0.1, 0.15) is 0 Å². The first-order valence-corrected chi connectivity index (χ1v) is 28.5. The second-order valence-corrected chi connectivity index (χ2v) is 16.3. The third-order valence-corrected chi connectivity index (χ3v) is 12.7. The minimum absolute atomic E-state index is 1.08. The van der Waals surface area contributed by atoms with Crippen molar-refractivity contribution in [2.75, 3.05) is 0 Å². The first kappa shape index (κ1) is 60.0. The Morgan fingerprint density at radius 3 is 1.08 bits per heavy atom. The molecule has 0 aromatic heterocycles. The average molecular weight is 988 g/mol. The van der Waals surface area contributed by atoms with E-state index >= 15 is 0 Å². The number of hydrogen-bond acceptors (Lipinski definition) is 0. The quantitative estimate of drug-likeness (QED) is 0.142. The van der Waals surface area contributed by atoms with Crippen molar-refractivity contribution in [3.63, 3.8) is 0 Å². The van der Waals surface area contributed by atoms with Crippen molar-refractivity contribution in [3.05, 3.63) is 264 Å². The van der Waals surface area contributed by atoms with E-state index in [2.05, 4.69) is 231 Å². The summed E-state index contributed by atoms with van der Waals surface area (Å²) in [5.74, 6) is 0. The zero-order valence-electron chi connectivity index (χ0n) is 48.1. The van der Waals surface area contributed by atoms with Gasteiger partial charge in [-0.1, -0.05) is 321 Å². The van der Waals surface area contributed by atoms with E-state index in [-0.39, 0.29) is 0 Å². The number of hydrogen-bond donors (Lipinski definition) is 0. The van der Waals surface area contributed by atoms with Gasteiger partial charge in [0.15, 0.2) is 0 Å². The zero-order valence-corrected chi connectivity index (χ0v) is 48.1. The molecule has 11 aromatic rings. The van der Waals surface area contributed by atoms with Crippen molar-refractivity contribution >= 4 is 43.1 Å². The highest BCUT2D eigenvalue weighted by molar-refractivity contribution is 6.01. The van der Waals surface area contributed by atoms with Gasteiger partial charge in [0.25, 0.3) is 0 Å². The molecular weight excluding hydrogens is 901 g/mol. The summed E-state index contributed by atoms with van der Waals surface area (Å²) >= 11 is 0. The first-order chi connectivity index (χ1) is 37.2. The van der Waals surface area contributed by atoms with Crippen molar-refractivity contribution in [3.8, 4) is 33.4 Å². The van der Waals surface area contributed by atoms with Crippen molar-refractivity contribution in [1.29, 1.82) is 0 Å². The highest BCUT2D eigenvalue weighted by Gasteiger charge is 2.21. The van der Waals surface area contributed by atoms with Gasteiger partial charge < -0.3 is 0 Å². The molecule has 0 bridgehead atoms. The third kappa shape index (κ3) is 14.4. The minimum atomic E-state index is 1.08. The predicted octanol–water partition coefficient (Wildman–Crippen LogP) is 23.3. The molecule has 0 nitrogen and oxygen atoms in total. The van der Waals surface area contributed by atoms with Gasteiger partial charge in [0, 0.05) is 0 Å². The number of fused-ring (bicyclic) bond motifs is 15. The van der Waals surface area contributed by atoms with Crippen LogP contribution in [0.25, 0.3) is 76.5 Å². The molecule has 14 rings (SSSR count). The first-order valence-electron chi connectivity index (χ1n) is 28.5. The topological polar surface area (TPSA) is 0 Å². The molecule has 3 aliphatic carbocycles. The zero-order chi connectivity index (χ0) is 54.5. The molecule has 75 heavy (non-hydrogen) atoms. The second-order valence-electron chi connectivity index (χ2n) is 16.3. The lowest BCUT2D eigenvalue weighted by Gasteiger charge is -2.06. The van der Waals surface area contributed by atoms with E-state index in [1.54, 1.807) is 0 Å². The van der Waals surface area contributed by atoms with E-state index in [4.69, 9.17) is 0 Å². The van der Waals surface area contributed by atoms with E-state index in [9.17, 15) is 0 Å². The molecule has 0 fully saturated rings. The Morgan fingerprint density at radius 2 is 0.547 bits per heavy atom. The lowest BCUT2D eigenvalue weighted by molar-refractivity contribution is 1.27. The van der Waals surface area contributed by atoms with Gasteiger partial charge >= 0.3 is 0 Å². The van der Waals surface area contributed by atoms with Crippen LogP contribution in [0.15, 0.2) is 231 Å². The van der Waals surface area contributed by atoms with Crippen molar-refractivity contribution in [1.82, 2.24) is 0 Å². The Labute approximate surface area is 454 Å². The molecule has 3 aliphatic rings. The maximum Gasteiger partial charge on any atom is -0.000729 e. The summed E-state index contributed by atoms with van der Waals surface area (Å²) in [6.45, 7) is 28.0. The summed E-state index contributed by atoms with van der Waals surface area (Å²) < 4.78 is 0. The van der Waals surface area contributed by atoms with Crippen LogP contribution in [0.1, 0.15) is 130 Å². The van der Waals surface area contributed by atoms with E-state index in [0.29, 0.717) is 0 Å². The molecule has 0 spiro atoms.